The molecule has 1 aliphatic carbocycles. The van der Waals surface area contributed by atoms with Gasteiger partial charge in [-0.25, -0.2) is 0 Å². The van der Waals surface area contributed by atoms with Crippen LogP contribution in [-0.2, 0) is 0 Å². The molecule has 0 radical (unpaired) electrons. The Labute approximate surface area is 103 Å². The van der Waals surface area contributed by atoms with Gasteiger partial charge < -0.3 is 10.6 Å². The van der Waals surface area contributed by atoms with Crippen molar-refractivity contribution in [2.45, 2.75) is 31.8 Å². The molecule has 2 fully saturated rings. The third kappa shape index (κ3) is 2.25. The Morgan fingerprint density at radius 2 is 1.82 bits per heavy atom. The lowest BCUT2D eigenvalue weighted by molar-refractivity contribution is 0.219. The highest BCUT2D eigenvalue weighted by atomic mass is 15.3. The summed E-state index contributed by atoms with van der Waals surface area (Å²) in [6, 6.07) is 9.76. The predicted octanol–water partition coefficient (Wildman–Crippen LogP) is 1.94. The van der Waals surface area contributed by atoms with Gasteiger partial charge in [0.15, 0.2) is 0 Å². The fraction of sp³-hybridized carbons (Fsp3) is 0.571. The van der Waals surface area contributed by atoms with E-state index >= 15 is 0 Å². The summed E-state index contributed by atoms with van der Waals surface area (Å²) >= 11 is 0. The third-order valence-corrected chi connectivity index (χ3v) is 3.95. The molecule has 3 heteroatoms. The van der Waals surface area contributed by atoms with Crippen LogP contribution < -0.4 is 10.6 Å². The van der Waals surface area contributed by atoms with E-state index in [1.54, 1.807) is 0 Å². The van der Waals surface area contributed by atoms with Gasteiger partial charge in [-0.15, -0.1) is 0 Å². The van der Waals surface area contributed by atoms with Crippen LogP contribution in [0, 0.1) is 0 Å². The van der Waals surface area contributed by atoms with Crippen LogP contribution in [0.1, 0.15) is 19.8 Å². The van der Waals surface area contributed by atoms with Crippen molar-refractivity contribution >= 4 is 11.4 Å². The topological polar surface area (TPSA) is 32.5 Å². The first-order valence-corrected chi connectivity index (χ1v) is 6.60. The van der Waals surface area contributed by atoms with Crippen LogP contribution in [0.3, 0.4) is 0 Å². The first-order chi connectivity index (χ1) is 8.24. The smallest absolute Gasteiger partial charge is 0.0389 e. The molecule has 2 N–H and O–H groups in total. The fourth-order valence-corrected chi connectivity index (χ4v) is 2.81. The lowest BCUT2D eigenvalue weighted by atomic mass is 10.1. The van der Waals surface area contributed by atoms with Crippen LogP contribution in [0.15, 0.2) is 24.3 Å². The number of hydrogen-bond acceptors (Lipinski definition) is 3. The first-order valence-electron chi connectivity index (χ1n) is 6.60. The van der Waals surface area contributed by atoms with Gasteiger partial charge in [0.05, 0.1) is 0 Å². The molecule has 1 aromatic carbocycles. The maximum Gasteiger partial charge on any atom is 0.0389 e. The van der Waals surface area contributed by atoms with Crippen molar-refractivity contribution in [1.29, 1.82) is 0 Å². The van der Waals surface area contributed by atoms with Gasteiger partial charge in [0, 0.05) is 43.1 Å². The van der Waals surface area contributed by atoms with Crippen LogP contribution in [0.5, 0.6) is 0 Å². The summed E-state index contributed by atoms with van der Waals surface area (Å²) in [5.74, 6) is 0. The molecule has 0 spiro atoms. The fourth-order valence-electron chi connectivity index (χ4n) is 2.81. The number of anilines is 2. The molecule has 0 bridgehead atoms. The number of nitrogens with two attached hydrogens (primary N) is 1. The maximum absolute atomic E-state index is 5.73. The van der Waals surface area contributed by atoms with Crippen molar-refractivity contribution in [1.82, 2.24) is 4.90 Å². The van der Waals surface area contributed by atoms with Crippen molar-refractivity contribution < 1.29 is 0 Å². The van der Waals surface area contributed by atoms with Gasteiger partial charge in [-0.3, -0.25) is 4.90 Å². The van der Waals surface area contributed by atoms with Gasteiger partial charge in [0.25, 0.3) is 0 Å². The van der Waals surface area contributed by atoms with Crippen molar-refractivity contribution in [3.63, 3.8) is 0 Å². The molecule has 1 atom stereocenters. The number of nitrogen functional groups attached to an aromatic ring is 1. The first kappa shape index (κ1) is 10.9. The van der Waals surface area contributed by atoms with E-state index in [4.69, 9.17) is 5.73 Å². The number of hydrogen-bond donors (Lipinski definition) is 1. The standard InChI is InChI=1S/C14H21N3/c1-11-10-16(13-6-7-13)8-9-17(11)14-4-2-12(15)3-5-14/h2-5,11,13H,6-10,15H2,1H3. The van der Waals surface area contributed by atoms with E-state index in [-0.39, 0.29) is 0 Å². The monoisotopic (exact) mass is 231 g/mol. The summed E-state index contributed by atoms with van der Waals surface area (Å²) in [5, 5.41) is 0. The number of nitrogens with zero attached hydrogens (tertiary/aromatic N) is 2. The van der Waals surface area contributed by atoms with Gasteiger partial charge in [-0.2, -0.15) is 0 Å². The molecule has 1 unspecified atom stereocenters. The van der Waals surface area contributed by atoms with Crippen molar-refractivity contribution in [3.05, 3.63) is 24.3 Å². The van der Waals surface area contributed by atoms with Crippen molar-refractivity contribution in [2.24, 2.45) is 0 Å². The molecule has 0 aromatic heterocycles. The summed E-state index contributed by atoms with van der Waals surface area (Å²) in [7, 11) is 0. The molecule has 1 saturated heterocycles. The van der Waals surface area contributed by atoms with Gasteiger partial charge in [-0.1, -0.05) is 0 Å². The van der Waals surface area contributed by atoms with E-state index in [2.05, 4.69) is 28.9 Å². The Hall–Kier alpha value is -1.22. The third-order valence-electron chi connectivity index (χ3n) is 3.95. The molecule has 1 saturated carbocycles. The minimum Gasteiger partial charge on any atom is -0.399 e. The summed E-state index contributed by atoms with van der Waals surface area (Å²) in [6.45, 7) is 5.88. The van der Waals surface area contributed by atoms with Gasteiger partial charge >= 0.3 is 0 Å². The van der Waals surface area contributed by atoms with Gasteiger partial charge in [0.1, 0.15) is 0 Å². The Balaban J connectivity index is 1.69. The Kier molecular flexibility index (Phi) is 2.71. The van der Waals surface area contributed by atoms with E-state index in [1.807, 2.05) is 12.1 Å². The maximum atomic E-state index is 5.73. The zero-order valence-electron chi connectivity index (χ0n) is 10.5. The van der Waals surface area contributed by atoms with E-state index in [0.29, 0.717) is 6.04 Å². The normalized spacial score (nSPS) is 26.2. The largest absolute Gasteiger partial charge is 0.399 e. The SMILES string of the molecule is CC1CN(C2CC2)CCN1c1ccc(N)cc1. The van der Waals surface area contributed by atoms with Gasteiger partial charge in [0.2, 0.25) is 0 Å². The highest BCUT2D eigenvalue weighted by Crippen LogP contribution is 2.30. The lowest BCUT2D eigenvalue weighted by Crippen LogP contribution is -2.52. The second kappa shape index (κ2) is 4.22. The minimum atomic E-state index is 0.605. The molecule has 2 aliphatic rings. The highest BCUT2D eigenvalue weighted by Gasteiger charge is 2.33. The zero-order chi connectivity index (χ0) is 11.8. The van der Waals surface area contributed by atoms with Crippen LogP contribution in [0.25, 0.3) is 0 Å². The van der Waals surface area contributed by atoms with E-state index in [1.165, 1.54) is 31.6 Å². The van der Waals surface area contributed by atoms with Crippen LogP contribution in [0.2, 0.25) is 0 Å². The molecule has 92 valence electrons. The molecule has 1 aromatic rings. The second-order valence-corrected chi connectivity index (χ2v) is 5.36. The quantitative estimate of drug-likeness (QED) is 0.790. The summed E-state index contributed by atoms with van der Waals surface area (Å²) in [6.07, 6.45) is 2.82. The lowest BCUT2D eigenvalue weighted by Gasteiger charge is -2.41. The number of benzene rings is 1. The Morgan fingerprint density at radius 1 is 1.12 bits per heavy atom. The highest BCUT2D eigenvalue weighted by molar-refractivity contribution is 5.54. The molecule has 3 rings (SSSR count). The average Bonchev–Trinajstić information content (AvgIpc) is 3.14. The number of rotatable bonds is 2. The van der Waals surface area contributed by atoms with Crippen LogP contribution in [-0.4, -0.2) is 36.6 Å². The van der Waals surface area contributed by atoms with Gasteiger partial charge in [-0.05, 0) is 44.0 Å². The molecule has 1 aliphatic heterocycles. The zero-order valence-corrected chi connectivity index (χ0v) is 10.5. The molecule has 3 nitrogen and oxygen atoms in total. The summed E-state index contributed by atoms with van der Waals surface area (Å²) < 4.78 is 0. The second-order valence-electron chi connectivity index (χ2n) is 5.36. The predicted molar refractivity (Wildman–Crippen MR) is 72.3 cm³/mol. The Morgan fingerprint density at radius 3 is 2.41 bits per heavy atom. The van der Waals surface area contributed by atoms with Crippen LogP contribution >= 0.6 is 0 Å². The minimum absolute atomic E-state index is 0.605. The Bertz CT molecular complexity index is 383. The van der Waals surface area contributed by atoms with E-state index in [9.17, 15) is 0 Å². The molecular formula is C14H21N3. The van der Waals surface area contributed by atoms with Crippen molar-refractivity contribution in [2.75, 3.05) is 30.3 Å². The van der Waals surface area contributed by atoms with Crippen LogP contribution in [0.4, 0.5) is 11.4 Å². The molecular weight excluding hydrogens is 210 g/mol. The summed E-state index contributed by atoms with van der Waals surface area (Å²) in [5.41, 5.74) is 7.89. The number of piperazine rings is 1. The van der Waals surface area contributed by atoms with E-state index in [0.717, 1.165) is 18.3 Å². The molecule has 1 heterocycles. The van der Waals surface area contributed by atoms with Crippen molar-refractivity contribution in [3.8, 4) is 0 Å². The van der Waals surface area contributed by atoms with E-state index < -0.39 is 0 Å². The summed E-state index contributed by atoms with van der Waals surface area (Å²) in [4.78, 5) is 5.15. The average molecular weight is 231 g/mol. The molecule has 17 heavy (non-hydrogen) atoms. The molecule has 0 amide bonds.